The maximum atomic E-state index is 11.3. The first-order valence-electron chi connectivity index (χ1n) is 9.75. The summed E-state index contributed by atoms with van der Waals surface area (Å²) in [5.74, 6) is 2.59. The van der Waals surface area contributed by atoms with Gasteiger partial charge in [0.25, 0.3) is 0 Å². The molecule has 3 N–H and O–H groups in total. The number of ether oxygens (including phenoxy) is 1. The second-order valence-corrected chi connectivity index (χ2v) is 6.96. The number of nitrogens with zero attached hydrogens (tertiary/aromatic N) is 5. The van der Waals surface area contributed by atoms with Crippen molar-refractivity contribution in [3.63, 3.8) is 0 Å². The quantitative estimate of drug-likeness (QED) is 0.225. The van der Waals surface area contributed by atoms with Crippen molar-refractivity contribution < 1.29 is 9.53 Å². The molecule has 0 aliphatic carbocycles. The Morgan fingerprint density at radius 1 is 1.43 bits per heavy atom. The minimum absolute atomic E-state index is 0. The van der Waals surface area contributed by atoms with E-state index in [0.29, 0.717) is 13.0 Å². The van der Waals surface area contributed by atoms with Gasteiger partial charge in [-0.05, 0) is 39.0 Å². The van der Waals surface area contributed by atoms with Gasteiger partial charge in [0.2, 0.25) is 5.91 Å². The fraction of sp³-hybridized carbons (Fsp3) is 0.778. The van der Waals surface area contributed by atoms with Crippen LogP contribution in [0.4, 0.5) is 0 Å². The summed E-state index contributed by atoms with van der Waals surface area (Å²) in [6, 6.07) is 0. The number of nitrogens with one attached hydrogen (secondary N) is 1. The molecular weight excluding hydrogens is 473 g/mol. The number of halogens is 1. The predicted octanol–water partition coefficient (Wildman–Crippen LogP) is 1.20. The van der Waals surface area contributed by atoms with Crippen LogP contribution in [-0.4, -0.2) is 64.4 Å². The number of primary amides is 1. The molecule has 1 aromatic heterocycles. The van der Waals surface area contributed by atoms with E-state index in [-0.39, 0.29) is 35.8 Å². The van der Waals surface area contributed by atoms with Crippen LogP contribution in [0.2, 0.25) is 0 Å². The first-order valence-corrected chi connectivity index (χ1v) is 9.75. The standard InChI is InChI=1S/C18H33N7O2.HI/c1-4-27-10-6-8-20-18(21-12-17-23-22-14(2)24(17)3)25-9-5-7-15(13-25)11-16(19)26;/h15H,4-13H2,1-3H3,(H2,19,26)(H,20,21);1H. The van der Waals surface area contributed by atoms with Gasteiger partial charge in [-0.2, -0.15) is 0 Å². The number of hydrogen-bond donors (Lipinski definition) is 2. The lowest BCUT2D eigenvalue weighted by molar-refractivity contribution is -0.119. The second-order valence-electron chi connectivity index (χ2n) is 6.96. The Morgan fingerprint density at radius 2 is 2.21 bits per heavy atom. The van der Waals surface area contributed by atoms with E-state index < -0.39 is 0 Å². The summed E-state index contributed by atoms with van der Waals surface area (Å²) in [5, 5.41) is 11.7. The maximum absolute atomic E-state index is 11.3. The number of carbonyl (C=O) groups is 1. The Bertz CT molecular complexity index is 635. The van der Waals surface area contributed by atoms with Crippen LogP contribution in [0, 0.1) is 12.8 Å². The third kappa shape index (κ3) is 7.90. The van der Waals surface area contributed by atoms with E-state index in [1.165, 1.54) is 0 Å². The van der Waals surface area contributed by atoms with E-state index in [1.807, 2.05) is 25.5 Å². The normalized spacial score (nSPS) is 17.3. The number of aliphatic imine (C=N–C) groups is 1. The molecule has 2 heterocycles. The van der Waals surface area contributed by atoms with E-state index >= 15 is 0 Å². The number of amides is 1. The van der Waals surface area contributed by atoms with Gasteiger partial charge in [0.15, 0.2) is 11.8 Å². The number of likely N-dealkylation sites (tertiary alicyclic amines) is 1. The van der Waals surface area contributed by atoms with Gasteiger partial charge < -0.3 is 25.3 Å². The van der Waals surface area contributed by atoms with Crippen molar-refractivity contribution in [1.82, 2.24) is 25.0 Å². The van der Waals surface area contributed by atoms with Gasteiger partial charge in [-0.15, -0.1) is 34.2 Å². The Kier molecular flexibility index (Phi) is 11.4. The number of piperidine rings is 1. The predicted molar refractivity (Wildman–Crippen MR) is 120 cm³/mol. The van der Waals surface area contributed by atoms with Gasteiger partial charge in [-0.3, -0.25) is 4.79 Å². The van der Waals surface area contributed by atoms with Crippen molar-refractivity contribution in [3.8, 4) is 0 Å². The molecule has 0 aromatic carbocycles. The molecule has 0 saturated carbocycles. The molecule has 1 aliphatic heterocycles. The number of aryl methyl sites for hydroxylation is 1. The lowest BCUT2D eigenvalue weighted by Gasteiger charge is -2.34. The van der Waals surface area contributed by atoms with E-state index in [4.69, 9.17) is 15.5 Å². The molecule has 1 saturated heterocycles. The van der Waals surface area contributed by atoms with Gasteiger partial charge in [0.1, 0.15) is 12.4 Å². The Balaban J connectivity index is 0.00000392. The molecule has 1 atom stereocenters. The topological polar surface area (TPSA) is 111 Å². The number of hydrogen-bond acceptors (Lipinski definition) is 5. The molecule has 9 nitrogen and oxygen atoms in total. The summed E-state index contributed by atoms with van der Waals surface area (Å²) in [6.07, 6.45) is 3.39. The van der Waals surface area contributed by atoms with Crippen LogP contribution in [0.3, 0.4) is 0 Å². The Hall–Kier alpha value is -1.43. The minimum Gasteiger partial charge on any atom is -0.382 e. The molecule has 10 heteroatoms. The Labute approximate surface area is 184 Å². The van der Waals surface area contributed by atoms with Crippen LogP contribution < -0.4 is 11.1 Å². The molecular formula is C18H34IN7O2. The molecule has 1 aliphatic rings. The smallest absolute Gasteiger partial charge is 0.217 e. The van der Waals surface area contributed by atoms with Crippen LogP contribution in [-0.2, 0) is 23.1 Å². The molecule has 0 radical (unpaired) electrons. The molecule has 1 unspecified atom stereocenters. The van der Waals surface area contributed by atoms with Crippen LogP contribution >= 0.6 is 24.0 Å². The third-order valence-corrected chi connectivity index (χ3v) is 4.81. The molecule has 160 valence electrons. The van der Waals surface area contributed by atoms with Crippen molar-refractivity contribution in [2.45, 2.75) is 46.1 Å². The average Bonchev–Trinajstić information content (AvgIpc) is 2.95. The van der Waals surface area contributed by atoms with Crippen LogP contribution in [0.1, 0.15) is 44.3 Å². The van der Waals surface area contributed by atoms with Crippen LogP contribution in [0.15, 0.2) is 4.99 Å². The summed E-state index contributed by atoms with van der Waals surface area (Å²) in [4.78, 5) is 18.3. The number of guanidine groups is 1. The van der Waals surface area contributed by atoms with Crippen molar-refractivity contribution in [3.05, 3.63) is 11.6 Å². The largest absolute Gasteiger partial charge is 0.382 e. The number of nitrogens with two attached hydrogens (primary N) is 1. The highest BCUT2D eigenvalue weighted by atomic mass is 127. The molecule has 1 aromatic rings. The van der Waals surface area contributed by atoms with E-state index in [9.17, 15) is 4.79 Å². The summed E-state index contributed by atoms with van der Waals surface area (Å²) in [6.45, 7) is 8.33. The molecule has 28 heavy (non-hydrogen) atoms. The highest BCUT2D eigenvalue weighted by Crippen LogP contribution is 2.19. The van der Waals surface area contributed by atoms with Crippen molar-refractivity contribution in [2.75, 3.05) is 32.8 Å². The van der Waals surface area contributed by atoms with Crippen LogP contribution in [0.5, 0.6) is 0 Å². The minimum atomic E-state index is -0.237. The monoisotopic (exact) mass is 507 g/mol. The summed E-state index contributed by atoms with van der Waals surface area (Å²) in [7, 11) is 1.94. The maximum Gasteiger partial charge on any atom is 0.217 e. The Morgan fingerprint density at radius 3 is 2.86 bits per heavy atom. The lowest BCUT2D eigenvalue weighted by Crippen LogP contribution is -2.47. The fourth-order valence-corrected chi connectivity index (χ4v) is 3.23. The van der Waals surface area contributed by atoms with Gasteiger partial charge in [0.05, 0.1) is 0 Å². The molecule has 1 fully saturated rings. The number of carbonyl (C=O) groups excluding carboxylic acids is 1. The van der Waals surface area contributed by atoms with Crippen molar-refractivity contribution in [2.24, 2.45) is 23.7 Å². The van der Waals surface area contributed by atoms with Gasteiger partial charge in [-0.1, -0.05) is 0 Å². The second kappa shape index (κ2) is 12.9. The lowest BCUT2D eigenvalue weighted by atomic mass is 9.95. The first-order chi connectivity index (χ1) is 13.0. The van der Waals surface area contributed by atoms with E-state index in [1.54, 1.807) is 0 Å². The van der Waals surface area contributed by atoms with E-state index in [0.717, 1.165) is 69.7 Å². The van der Waals surface area contributed by atoms with Crippen molar-refractivity contribution in [1.29, 1.82) is 0 Å². The molecule has 0 bridgehead atoms. The van der Waals surface area contributed by atoms with Gasteiger partial charge >= 0.3 is 0 Å². The summed E-state index contributed by atoms with van der Waals surface area (Å²) >= 11 is 0. The van der Waals surface area contributed by atoms with E-state index in [2.05, 4.69) is 20.4 Å². The zero-order valence-corrected chi connectivity index (χ0v) is 19.5. The van der Waals surface area contributed by atoms with Crippen molar-refractivity contribution >= 4 is 35.8 Å². The van der Waals surface area contributed by atoms with Gasteiger partial charge in [0, 0.05) is 46.3 Å². The highest BCUT2D eigenvalue weighted by molar-refractivity contribution is 14.0. The van der Waals surface area contributed by atoms with Crippen LogP contribution in [0.25, 0.3) is 0 Å². The molecule has 0 spiro atoms. The fourth-order valence-electron chi connectivity index (χ4n) is 3.23. The van der Waals surface area contributed by atoms with Gasteiger partial charge in [-0.25, -0.2) is 4.99 Å². The third-order valence-electron chi connectivity index (χ3n) is 4.81. The zero-order valence-electron chi connectivity index (χ0n) is 17.2. The average molecular weight is 507 g/mol. The number of aromatic nitrogens is 3. The summed E-state index contributed by atoms with van der Waals surface area (Å²) in [5.41, 5.74) is 5.39. The summed E-state index contributed by atoms with van der Waals surface area (Å²) < 4.78 is 7.35. The SMILES string of the molecule is CCOCCCNC(=NCc1nnc(C)n1C)N1CCCC(CC(N)=O)C1.I. The molecule has 1 amide bonds. The number of rotatable bonds is 9. The molecule has 2 rings (SSSR count). The first kappa shape index (κ1) is 24.6. The highest BCUT2D eigenvalue weighted by Gasteiger charge is 2.23. The zero-order chi connectivity index (χ0) is 19.6.